The van der Waals surface area contributed by atoms with Gasteiger partial charge in [0.2, 0.25) is 17.5 Å². The zero-order valence-corrected chi connectivity index (χ0v) is 15.3. The van der Waals surface area contributed by atoms with Crippen molar-refractivity contribution < 1.29 is 12.9 Å². The predicted molar refractivity (Wildman–Crippen MR) is 88.8 cm³/mol. The van der Waals surface area contributed by atoms with Gasteiger partial charge in [-0.15, -0.1) is 11.3 Å². The lowest BCUT2D eigenvalue weighted by Gasteiger charge is -2.35. The monoisotopic (exact) mass is 427 g/mol. The van der Waals surface area contributed by atoms with Gasteiger partial charge in [-0.2, -0.15) is 9.29 Å². The van der Waals surface area contributed by atoms with Crippen molar-refractivity contribution in [2.75, 3.05) is 13.1 Å². The third kappa shape index (κ3) is 2.77. The highest BCUT2D eigenvalue weighted by Crippen LogP contribution is 2.35. The number of halogens is 1. The molecule has 1 fully saturated rings. The van der Waals surface area contributed by atoms with Gasteiger partial charge in [-0.3, -0.25) is 0 Å². The normalized spacial score (nSPS) is 16.2. The van der Waals surface area contributed by atoms with Crippen LogP contribution in [0, 0.1) is 0 Å². The van der Waals surface area contributed by atoms with Crippen LogP contribution in [0.2, 0.25) is 0 Å². The third-order valence-corrected chi connectivity index (χ3v) is 7.47. The standard InChI is InChI=1S/C13H10BrN5O3S2/c14-9-2-3-10(23-9)24(20,21)19-6-8(7-19)13-17-12(18-22-13)11-15-4-1-5-16-11/h1-5,8H,6-7H2. The van der Waals surface area contributed by atoms with Crippen LogP contribution in [0.4, 0.5) is 0 Å². The fraction of sp³-hybridized carbons (Fsp3) is 0.231. The van der Waals surface area contributed by atoms with Crippen LogP contribution in [0.3, 0.4) is 0 Å². The summed E-state index contributed by atoms with van der Waals surface area (Å²) in [6.07, 6.45) is 3.18. The molecule has 0 saturated carbocycles. The van der Waals surface area contributed by atoms with Gasteiger partial charge in [-0.05, 0) is 34.1 Å². The molecule has 0 spiro atoms. The van der Waals surface area contributed by atoms with E-state index in [1.165, 1.54) is 15.6 Å². The van der Waals surface area contributed by atoms with E-state index in [1.807, 2.05) is 0 Å². The first-order chi connectivity index (χ1) is 11.5. The molecule has 0 bridgehead atoms. The summed E-state index contributed by atoms with van der Waals surface area (Å²) in [6, 6.07) is 5.01. The van der Waals surface area contributed by atoms with Crippen molar-refractivity contribution in [3.8, 4) is 11.6 Å². The molecule has 0 radical (unpaired) electrons. The molecule has 4 heterocycles. The molecule has 1 aliphatic rings. The van der Waals surface area contributed by atoms with Crippen molar-refractivity contribution in [3.63, 3.8) is 0 Å². The Hall–Kier alpha value is -1.69. The van der Waals surface area contributed by atoms with Crippen molar-refractivity contribution in [1.29, 1.82) is 0 Å². The molecule has 0 aromatic carbocycles. The van der Waals surface area contributed by atoms with Gasteiger partial charge in [-0.1, -0.05) is 5.16 Å². The average Bonchev–Trinajstić information content (AvgIpc) is 3.16. The Balaban J connectivity index is 1.47. The van der Waals surface area contributed by atoms with Crippen molar-refractivity contribution in [2.24, 2.45) is 0 Å². The second-order valence-corrected chi connectivity index (χ2v) is 9.73. The summed E-state index contributed by atoms with van der Waals surface area (Å²) in [7, 11) is -3.46. The maximum atomic E-state index is 12.5. The van der Waals surface area contributed by atoms with Crippen molar-refractivity contribution >= 4 is 37.3 Å². The lowest BCUT2D eigenvalue weighted by molar-refractivity contribution is 0.217. The Kier molecular flexibility index (Phi) is 3.95. The summed E-state index contributed by atoms with van der Waals surface area (Å²) >= 11 is 4.47. The summed E-state index contributed by atoms with van der Waals surface area (Å²) < 4.78 is 32.6. The molecular formula is C13H10BrN5O3S2. The lowest BCUT2D eigenvalue weighted by atomic mass is 10.0. The van der Waals surface area contributed by atoms with E-state index >= 15 is 0 Å². The van der Waals surface area contributed by atoms with Crippen molar-refractivity contribution in [1.82, 2.24) is 24.4 Å². The van der Waals surface area contributed by atoms with Gasteiger partial charge >= 0.3 is 0 Å². The van der Waals surface area contributed by atoms with Crippen LogP contribution in [-0.2, 0) is 10.0 Å². The fourth-order valence-corrected chi connectivity index (χ4v) is 5.96. The Morgan fingerprint density at radius 2 is 1.96 bits per heavy atom. The first-order valence-electron chi connectivity index (χ1n) is 6.90. The average molecular weight is 428 g/mol. The van der Waals surface area contributed by atoms with Crippen LogP contribution in [0.25, 0.3) is 11.6 Å². The first kappa shape index (κ1) is 15.8. The highest BCUT2D eigenvalue weighted by atomic mass is 79.9. The van der Waals surface area contributed by atoms with E-state index in [2.05, 4.69) is 36.0 Å². The molecule has 11 heteroatoms. The molecular weight excluding hydrogens is 418 g/mol. The van der Waals surface area contributed by atoms with E-state index in [0.717, 1.165) is 3.79 Å². The maximum absolute atomic E-state index is 12.5. The lowest BCUT2D eigenvalue weighted by Crippen LogP contribution is -2.48. The maximum Gasteiger partial charge on any atom is 0.252 e. The van der Waals surface area contributed by atoms with Gasteiger partial charge in [0.15, 0.2) is 0 Å². The van der Waals surface area contributed by atoms with Crippen molar-refractivity contribution in [3.05, 3.63) is 40.3 Å². The molecule has 0 N–H and O–H groups in total. The molecule has 124 valence electrons. The van der Waals surface area contributed by atoms with Crippen LogP contribution in [0.1, 0.15) is 11.8 Å². The molecule has 0 amide bonds. The predicted octanol–water partition coefficient (Wildman–Crippen LogP) is 2.14. The van der Waals surface area contributed by atoms with Gasteiger partial charge in [0.1, 0.15) is 4.21 Å². The van der Waals surface area contributed by atoms with Gasteiger partial charge in [0.25, 0.3) is 10.0 Å². The molecule has 1 saturated heterocycles. The number of aromatic nitrogens is 4. The quantitative estimate of drug-likeness (QED) is 0.627. The topological polar surface area (TPSA) is 102 Å². The Labute approximate surface area is 149 Å². The number of thiophene rings is 1. The highest BCUT2D eigenvalue weighted by Gasteiger charge is 2.41. The Morgan fingerprint density at radius 3 is 2.62 bits per heavy atom. The van der Waals surface area contributed by atoms with E-state index < -0.39 is 10.0 Å². The second-order valence-electron chi connectivity index (χ2n) is 5.11. The molecule has 0 atom stereocenters. The number of sulfonamides is 1. The number of hydrogen-bond donors (Lipinski definition) is 0. The molecule has 0 unspecified atom stereocenters. The minimum absolute atomic E-state index is 0.117. The zero-order valence-electron chi connectivity index (χ0n) is 12.0. The molecule has 0 aliphatic carbocycles. The SMILES string of the molecule is O=S(=O)(c1ccc(Br)s1)N1CC(c2nc(-c3ncccn3)no2)C1. The van der Waals surface area contributed by atoms with Gasteiger partial charge in [-0.25, -0.2) is 18.4 Å². The van der Waals surface area contributed by atoms with Crippen LogP contribution in [0.15, 0.2) is 43.1 Å². The second kappa shape index (κ2) is 5.99. The summed E-state index contributed by atoms with van der Waals surface area (Å²) in [4.78, 5) is 12.4. The summed E-state index contributed by atoms with van der Waals surface area (Å²) in [6.45, 7) is 0.629. The van der Waals surface area contributed by atoms with E-state index in [1.54, 1.807) is 30.6 Å². The number of rotatable bonds is 4. The van der Waals surface area contributed by atoms with Gasteiger partial charge < -0.3 is 4.52 Å². The minimum Gasteiger partial charge on any atom is -0.338 e. The Bertz CT molecular complexity index is 966. The molecule has 1 aliphatic heterocycles. The minimum atomic E-state index is -3.46. The molecule has 24 heavy (non-hydrogen) atoms. The van der Waals surface area contributed by atoms with Gasteiger partial charge in [0.05, 0.1) is 9.70 Å². The largest absolute Gasteiger partial charge is 0.338 e. The summed E-state index contributed by atoms with van der Waals surface area (Å²) in [5.41, 5.74) is 0. The van der Waals surface area contributed by atoms with E-state index in [4.69, 9.17) is 4.52 Å². The first-order valence-corrected chi connectivity index (χ1v) is 9.95. The summed E-state index contributed by atoms with van der Waals surface area (Å²) in [5, 5.41) is 3.85. The van der Waals surface area contributed by atoms with Crippen LogP contribution < -0.4 is 0 Å². The van der Waals surface area contributed by atoms with E-state index in [0.29, 0.717) is 34.8 Å². The molecule has 3 aromatic heterocycles. The van der Waals surface area contributed by atoms with E-state index in [-0.39, 0.29) is 5.92 Å². The van der Waals surface area contributed by atoms with E-state index in [9.17, 15) is 8.42 Å². The molecule has 8 nitrogen and oxygen atoms in total. The van der Waals surface area contributed by atoms with Crippen LogP contribution in [0.5, 0.6) is 0 Å². The smallest absolute Gasteiger partial charge is 0.252 e. The number of hydrogen-bond acceptors (Lipinski definition) is 8. The summed E-state index contributed by atoms with van der Waals surface area (Å²) in [5.74, 6) is 0.957. The Morgan fingerprint density at radius 1 is 1.21 bits per heavy atom. The fourth-order valence-electron chi connectivity index (χ4n) is 2.26. The van der Waals surface area contributed by atoms with Gasteiger partial charge in [0, 0.05) is 25.5 Å². The highest BCUT2D eigenvalue weighted by molar-refractivity contribution is 9.11. The zero-order chi connectivity index (χ0) is 16.7. The van der Waals surface area contributed by atoms with Crippen molar-refractivity contribution in [2.45, 2.75) is 10.1 Å². The third-order valence-electron chi connectivity index (χ3n) is 3.55. The van der Waals surface area contributed by atoms with Crippen LogP contribution in [-0.4, -0.2) is 45.9 Å². The van der Waals surface area contributed by atoms with Crippen LogP contribution >= 0.6 is 27.3 Å². The number of nitrogens with zero attached hydrogens (tertiary/aromatic N) is 5. The molecule has 3 aromatic rings. The molecule has 4 rings (SSSR count).